The van der Waals surface area contributed by atoms with Gasteiger partial charge < -0.3 is 10.6 Å². The molecule has 1 amide bonds. The molecular formula is C12H20N4O. The van der Waals surface area contributed by atoms with Crippen LogP contribution in [0.4, 0.5) is 5.82 Å². The van der Waals surface area contributed by atoms with Crippen LogP contribution in [0.1, 0.15) is 33.4 Å². The lowest BCUT2D eigenvalue weighted by atomic mass is 10.1. The summed E-state index contributed by atoms with van der Waals surface area (Å²) >= 11 is 0. The molecule has 0 saturated carbocycles. The highest BCUT2D eigenvalue weighted by molar-refractivity contribution is 5.84. The van der Waals surface area contributed by atoms with E-state index in [1.165, 1.54) is 6.33 Å². The van der Waals surface area contributed by atoms with Gasteiger partial charge in [0.2, 0.25) is 5.91 Å². The molecule has 1 atom stereocenters. The number of hydrogen-bond acceptors (Lipinski definition) is 4. The first-order valence-electron chi connectivity index (χ1n) is 5.65. The SMILES string of the molecule is Cc1cc(NC(C)C(=O)NC(C)(C)C)ncn1. The van der Waals surface area contributed by atoms with Gasteiger partial charge in [-0.15, -0.1) is 0 Å². The zero-order valence-corrected chi connectivity index (χ0v) is 11.0. The topological polar surface area (TPSA) is 66.9 Å². The Bertz CT molecular complexity index is 398. The van der Waals surface area contributed by atoms with Crippen molar-refractivity contribution in [3.63, 3.8) is 0 Å². The Labute approximate surface area is 102 Å². The van der Waals surface area contributed by atoms with Gasteiger partial charge in [-0.25, -0.2) is 9.97 Å². The number of aromatic nitrogens is 2. The Hall–Kier alpha value is -1.65. The molecule has 94 valence electrons. The largest absolute Gasteiger partial charge is 0.359 e. The molecule has 5 heteroatoms. The lowest BCUT2D eigenvalue weighted by Gasteiger charge is -2.23. The van der Waals surface area contributed by atoms with Crippen LogP contribution in [-0.4, -0.2) is 27.5 Å². The van der Waals surface area contributed by atoms with Crippen molar-refractivity contribution in [1.82, 2.24) is 15.3 Å². The molecule has 1 heterocycles. The van der Waals surface area contributed by atoms with E-state index in [-0.39, 0.29) is 17.5 Å². The number of amides is 1. The molecule has 0 aliphatic carbocycles. The van der Waals surface area contributed by atoms with E-state index in [0.29, 0.717) is 5.82 Å². The predicted molar refractivity (Wildman–Crippen MR) is 67.7 cm³/mol. The number of rotatable bonds is 3. The second-order valence-corrected chi connectivity index (χ2v) is 5.15. The molecule has 5 nitrogen and oxygen atoms in total. The molecule has 0 spiro atoms. The highest BCUT2D eigenvalue weighted by atomic mass is 16.2. The number of hydrogen-bond donors (Lipinski definition) is 2. The molecule has 0 radical (unpaired) electrons. The normalized spacial score (nSPS) is 13.0. The summed E-state index contributed by atoms with van der Waals surface area (Å²) in [5.41, 5.74) is 0.639. The number of carbonyl (C=O) groups excluding carboxylic acids is 1. The summed E-state index contributed by atoms with van der Waals surface area (Å²) in [6.45, 7) is 9.54. The standard InChI is InChI=1S/C12H20N4O/c1-8-6-10(14-7-13-8)15-9(2)11(17)16-12(3,4)5/h6-7,9H,1-5H3,(H,16,17)(H,13,14,15). The van der Waals surface area contributed by atoms with Crippen molar-refractivity contribution >= 4 is 11.7 Å². The molecule has 17 heavy (non-hydrogen) atoms. The predicted octanol–water partition coefficient (Wildman–Crippen LogP) is 1.50. The summed E-state index contributed by atoms with van der Waals surface area (Å²) in [5, 5.41) is 5.95. The van der Waals surface area contributed by atoms with Crippen LogP contribution >= 0.6 is 0 Å². The highest BCUT2D eigenvalue weighted by Gasteiger charge is 2.19. The Morgan fingerprint density at radius 2 is 2.00 bits per heavy atom. The van der Waals surface area contributed by atoms with Gasteiger partial charge in [-0.3, -0.25) is 4.79 Å². The third-order valence-electron chi connectivity index (χ3n) is 2.06. The maximum atomic E-state index is 11.8. The van der Waals surface area contributed by atoms with Crippen LogP contribution in [0, 0.1) is 6.92 Å². The zero-order valence-electron chi connectivity index (χ0n) is 11.0. The minimum Gasteiger partial charge on any atom is -0.359 e. The minimum absolute atomic E-state index is 0.0474. The van der Waals surface area contributed by atoms with Crippen LogP contribution in [0.5, 0.6) is 0 Å². The molecule has 0 aliphatic rings. The van der Waals surface area contributed by atoms with E-state index in [1.54, 1.807) is 13.0 Å². The first-order chi connectivity index (χ1) is 7.78. The number of carbonyl (C=O) groups is 1. The van der Waals surface area contributed by atoms with E-state index >= 15 is 0 Å². The van der Waals surface area contributed by atoms with Crippen molar-refractivity contribution < 1.29 is 4.79 Å². The quantitative estimate of drug-likeness (QED) is 0.834. The van der Waals surface area contributed by atoms with Crippen molar-refractivity contribution in [2.24, 2.45) is 0 Å². The third-order valence-corrected chi connectivity index (χ3v) is 2.06. The van der Waals surface area contributed by atoms with Crippen LogP contribution in [0.15, 0.2) is 12.4 Å². The summed E-state index contributed by atoms with van der Waals surface area (Å²) in [4.78, 5) is 19.9. The van der Waals surface area contributed by atoms with Crippen LogP contribution in [-0.2, 0) is 4.79 Å². The average Bonchev–Trinajstić information content (AvgIpc) is 2.14. The highest BCUT2D eigenvalue weighted by Crippen LogP contribution is 2.06. The fraction of sp³-hybridized carbons (Fsp3) is 0.583. The van der Waals surface area contributed by atoms with Crippen LogP contribution in [0.25, 0.3) is 0 Å². The Morgan fingerprint density at radius 1 is 1.35 bits per heavy atom. The van der Waals surface area contributed by atoms with E-state index < -0.39 is 0 Å². The molecule has 0 aromatic carbocycles. The number of aryl methyl sites for hydroxylation is 1. The first kappa shape index (κ1) is 13.4. The van der Waals surface area contributed by atoms with Crippen molar-refractivity contribution in [2.45, 2.75) is 46.2 Å². The maximum Gasteiger partial charge on any atom is 0.242 e. The van der Waals surface area contributed by atoms with Gasteiger partial charge in [-0.05, 0) is 34.6 Å². The lowest BCUT2D eigenvalue weighted by molar-refractivity contribution is -0.122. The summed E-state index contributed by atoms with van der Waals surface area (Å²) in [6.07, 6.45) is 1.48. The van der Waals surface area contributed by atoms with Crippen molar-refractivity contribution in [1.29, 1.82) is 0 Å². The second kappa shape index (κ2) is 5.12. The molecule has 0 bridgehead atoms. The van der Waals surface area contributed by atoms with E-state index in [0.717, 1.165) is 5.69 Å². The summed E-state index contributed by atoms with van der Waals surface area (Å²) in [5.74, 6) is 0.614. The lowest BCUT2D eigenvalue weighted by Crippen LogP contribution is -2.47. The van der Waals surface area contributed by atoms with Crippen molar-refractivity contribution in [3.8, 4) is 0 Å². The average molecular weight is 236 g/mol. The molecule has 1 rings (SSSR count). The molecule has 1 aromatic heterocycles. The van der Waals surface area contributed by atoms with Gasteiger partial charge in [0.1, 0.15) is 18.2 Å². The van der Waals surface area contributed by atoms with Gasteiger partial charge in [-0.1, -0.05) is 0 Å². The van der Waals surface area contributed by atoms with E-state index in [4.69, 9.17) is 0 Å². The number of nitrogens with zero attached hydrogens (tertiary/aromatic N) is 2. The second-order valence-electron chi connectivity index (χ2n) is 5.15. The van der Waals surface area contributed by atoms with Crippen molar-refractivity contribution in [3.05, 3.63) is 18.1 Å². The third kappa shape index (κ3) is 4.80. The molecule has 0 aliphatic heterocycles. The monoisotopic (exact) mass is 236 g/mol. The smallest absolute Gasteiger partial charge is 0.242 e. The Kier molecular flexibility index (Phi) is 4.04. The van der Waals surface area contributed by atoms with E-state index in [2.05, 4.69) is 20.6 Å². The summed E-state index contributed by atoms with van der Waals surface area (Å²) in [6, 6.07) is 1.48. The van der Waals surface area contributed by atoms with Gasteiger partial charge >= 0.3 is 0 Å². The number of anilines is 1. The van der Waals surface area contributed by atoms with E-state index in [9.17, 15) is 4.79 Å². The van der Waals surface area contributed by atoms with Crippen LogP contribution < -0.4 is 10.6 Å². The Balaban J connectivity index is 2.60. The molecule has 1 unspecified atom stereocenters. The van der Waals surface area contributed by atoms with Gasteiger partial charge in [0.25, 0.3) is 0 Å². The Morgan fingerprint density at radius 3 is 2.53 bits per heavy atom. The van der Waals surface area contributed by atoms with Crippen LogP contribution in [0.3, 0.4) is 0 Å². The van der Waals surface area contributed by atoms with Gasteiger partial charge in [0, 0.05) is 17.3 Å². The van der Waals surface area contributed by atoms with E-state index in [1.807, 2.05) is 27.7 Å². The minimum atomic E-state index is -0.330. The fourth-order valence-corrected chi connectivity index (χ4v) is 1.30. The van der Waals surface area contributed by atoms with Gasteiger partial charge in [0.05, 0.1) is 0 Å². The molecule has 2 N–H and O–H groups in total. The van der Waals surface area contributed by atoms with Crippen LogP contribution in [0.2, 0.25) is 0 Å². The number of nitrogens with one attached hydrogen (secondary N) is 2. The first-order valence-corrected chi connectivity index (χ1v) is 5.65. The van der Waals surface area contributed by atoms with Crippen molar-refractivity contribution in [2.75, 3.05) is 5.32 Å². The molecule has 1 aromatic rings. The van der Waals surface area contributed by atoms with Gasteiger partial charge in [0.15, 0.2) is 0 Å². The summed E-state index contributed by atoms with van der Waals surface area (Å²) < 4.78 is 0. The molecular weight excluding hydrogens is 216 g/mol. The molecule has 0 fully saturated rings. The maximum absolute atomic E-state index is 11.8. The molecule has 0 saturated heterocycles. The van der Waals surface area contributed by atoms with Gasteiger partial charge in [-0.2, -0.15) is 0 Å². The summed E-state index contributed by atoms with van der Waals surface area (Å²) in [7, 11) is 0. The zero-order chi connectivity index (χ0) is 13.1. The fourth-order valence-electron chi connectivity index (χ4n) is 1.30.